The molecule has 1 atom stereocenters. The second kappa shape index (κ2) is 5.83. The lowest BCUT2D eigenvalue weighted by Gasteiger charge is -2.12. The molecule has 0 bridgehead atoms. The minimum atomic E-state index is -0.200. The maximum Gasteiger partial charge on any atom is 0.123 e. The molecule has 2 rings (SSSR count). The van der Waals surface area contributed by atoms with Gasteiger partial charge in [-0.2, -0.15) is 0 Å². The van der Waals surface area contributed by atoms with E-state index in [4.69, 9.17) is 10.2 Å². The van der Waals surface area contributed by atoms with Crippen LogP contribution in [0.25, 0.3) is 0 Å². The van der Waals surface area contributed by atoms with Crippen LogP contribution in [0.4, 0.5) is 4.39 Å². The number of furan rings is 1. The van der Waals surface area contributed by atoms with E-state index in [0.29, 0.717) is 6.42 Å². The molecule has 2 nitrogen and oxygen atoms in total. The van der Waals surface area contributed by atoms with Crippen molar-refractivity contribution in [1.82, 2.24) is 0 Å². The van der Waals surface area contributed by atoms with Gasteiger partial charge in [-0.1, -0.05) is 6.07 Å². The van der Waals surface area contributed by atoms with E-state index in [2.05, 4.69) is 0 Å². The smallest absolute Gasteiger partial charge is 0.123 e. The summed E-state index contributed by atoms with van der Waals surface area (Å²) in [5, 5.41) is 0. The summed E-state index contributed by atoms with van der Waals surface area (Å²) in [7, 11) is 0. The first-order valence-electron chi connectivity index (χ1n) is 6.18. The Morgan fingerprint density at radius 2 is 2.17 bits per heavy atom. The zero-order valence-electron chi connectivity index (χ0n) is 10.5. The van der Waals surface area contributed by atoms with Gasteiger partial charge < -0.3 is 10.2 Å². The molecule has 3 heteroatoms. The lowest BCUT2D eigenvalue weighted by molar-refractivity contribution is 0.483. The number of hydrogen-bond acceptors (Lipinski definition) is 2. The zero-order chi connectivity index (χ0) is 13.0. The third-order valence-corrected chi connectivity index (χ3v) is 3.13. The first kappa shape index (κ1) is 12.8. The van der Waals surface area contributed by atoms with Gasteiger partial charge in [0.1, 0.15) is 11.6 Å². The van der Waals surface area contributed by atoms with Crippen molar-refractivity contribution in [1.29, 1.82) is 0 Å². The molecular formula is C15H18FNO. The Labute approximate surface area is 107 Å². The molecule has 1 unspecified atom stereocenters. The normalized spacial score (nSPS) is 12.6. The molecule has 1 aromatic carbocycles. The largest absolute Gasteiger partial charge is 0.469 e. The summed E-state index contributed by atoms with van der Waals surface area (Å²) in [4.78, 5) is 0. The second-order valence-corrected chi connectivity index (χ2v) is 4.65. The van der Waals surface area contributed by atoms with Gasteiger partial charge in [-0.3, -0.25) is 0 Å². The van der Waals surface area contributed by atoms with Crippen LogP contribution in [0.2, 0.25) is 0 Å². The van der Waals surface area contributed by atoms with Crippen LogP contribution < -0.4 is 5.73 Å². The van der Waals surface area contributed by atoms with Crippen molar-refractivity contribution in [3.63, 3.8) is 0 Å². The van der Waals surface area contributed by atoms with E-state index in [1.54, 1.807) is 18.4 Å². The van der Waals surface area contributed by atoms with Crippen molar-refractivity contribution in [2.75, 3.05) is 0 Å². The summed E-state index contributed by atoms with van der Waals surface area (Å²) in [5.74, 6) is 0.746. The Morgan fingerprint density at radius 1 is 1.33 bits per heavy atom. The minimum absolute atomic E-state index is 0.0237. The molecule has 0 spiro atoms. The molecule has 18 heavy (non-hydrogen) atoms. The van der Waals surface area contributed by atoms with Crippen LogP contribution >= 0.6 is 0 Å². The molecule has 0 saturated carbocycles. The molecule has 0 fully saturated rings. The van der Waals surface area contributed by atoms with E-state index >= 15 is 0 Å². The lowest BCUT2D eigenvalue weighted by Crippen LogP contribution is -2.24. The van der Waals surface area contributed by atoms with E-state index in [0.717, 1.165) is 29.7 Å². The maximum absolute atomic E-state index is 13.2. The SMILES string of the molecule is Cc1ccc(F)cc1CC(N)CCc1ccco1. The molecule has 2 aromatic rings. The van der Waals surface area contributed by atoms with Crippen LogP contribution in [0.1, 0.15) is 23.3 Å². The molecule has 0 aliphatic heterocycles. The number of halogens is 1. The Balaban J connectivity index is 1.90. The van der Waals surface area contributed by atoms with Crippen LogP contribution in [-0.2, 0) is 12.8 Å². The molecule has 0 aliphatic rings. The van der Waals surface area contributed by atoms with Gasteiger partial charge in [0.25, 0.3) is 0 Å². The Hall–Kier alpha value is -1.61. The minimum Gasteiger partial charge on any atom is -0.469 e. The fourth-order valence-electron chi connectivity index (χ4n) is 2.03. The van der Waals surface area contributed by atoms with Crippen LogP contribution in [-0.4, -0.2) is 6.04 Å². The summed E-state index contributed by atoms with van der Waals surface area (Å²) >= 11 is 0. The molecule has 0 radical (unpaired) electrons. The van der Waals surface area contributed by atoms with Gasteiger partial charge in [0.15, 0.2) is 0 Å². The van der Waals surface area contributed by atoms with Crippen molar-refractivity contribution < 1.29 is 8.81 Å². The van der Waals surface area contributed by atoms with Gasteiger partial charge in [-0.05, 0) is 55.2 Å². The predicted octanol–water partition coefficient (Wildman–Crippen LogP) is 3.23. The van der Waals surface area contributed by atoms with Crippen molar-refractivity contribution in [3.05, 3.63) is 59.3 Å². The van der Waals surface area contributed by atoms with E-state index in [1.165, 1.54) is 6.07 Å². The molecule has 0 aliphatic carbocycles. The monoisotopic (exact) mass is 247 g/mol. The summed E-state index contributed by atoms with van der Waals surface area (Å²) < 4.78 is 18.4. The number of benzene rings is 1. The van der Waals surface area contributed by atoms with Crippen LogP contribution in [0.5, 0.6) is 0 Å². The van der Waals surface area contributed by atoms with Crippen molar-refractivity contribution in [2.45, 2.75) is 32.2 Å². The molecular weight excluding hydrogens is 229 g/mol. The van der Waals surface area contributed by atoms with Gasteiger partial charge in [0.05, 0.1) is 6.26 Å². The average Bonchev–Trinajstić information content (AvgIpc) is 2.84. The van der Waals surface area contributed by atoms with Crippen molar-refractivity contribution in [2.24, 2.45) is 5.73 Å². The van der Waals surface area contributed by atoms with Gasteiger partial charge in [-0.25, -0.2) is 4.39 Å². The molecule has 2 N–H and O–H groups in total. The van der Waals surface area contributed by atoms with Gasteiger partial charge in [-0.15, -0.1) is 0 Å². The number of rotatable bonds is 5. The molecule has 1 heterocycles. The highest BCUT2D eigenvalue weighted by atomic mass is 19.1. The van der Waals surface area contributed by atoms with Crippen LogP contribution in [0, 0.1) is 12.7 Å². The highest BCUT2D eigenvalue weighted by Gasteiger charge is 2.08. The van der Waals surface area contributed by atoms with Crippen molar-refractivity contribution >= 4 is 0 Å². The van der Waals surface area contributed by atoms with E-state index in [9.17, 15) is 4.39 Å². The third-order valence-electron chi connectivity index (χ3n) is 3.13. The highest BCUT2D eigenvalue weighted by molar-refractivity contribution is 5.27. The first-order valence-corrected chi connectivity index (χ1v) is 6.18. The molecule has 0 saturated heterocycles. The fourth-order valence-corrected chi connectivity index (χ4v) is 2.03. The first-order chi connectivity index (χ1) is 8.65. The quantitative estimate of drug-likeness (QED) is 0.881. The summed E-state index contributed by atoms with van der Waals surface area (Å²) in [6, 6.07) is 8.69. The average molecular weight is 247 g/mol. The molecule has 0 amide bonds. The standard InChI is InChI=1S/C15H18FNO/c1-11-4-5-13(16)9-12(11)10-14(17)6-7-15-3-2-8-18-15/h2-5,8-9,14H,6-7,10,17H2,1H3. The lowest BCUT2D eigenvalue weighted by atomic mass is 9.98. The predicted molar refractivity (Wildman–Crippen MR) is 69.8 cm³/mol. The molecule has 96 valence electrons. The fraction of sp³-hybridized carbons (Fsp3) is 0.333. The van der Waals surface area contributed by atoms with Crippen LogP contribution in [0.3, 0.4) is 0 Å². The Morgan fingerprint density at radius 3 is 2.89 bits per heavy atom. The number of aryl methyl sites for hydroxylation is 2. The third kappa shape index (κ3) is 3.44. The maximum atomic E-state index is 13.2. The van der Waals surface area contributed by atoms with E-state index < -0.39 is 0 Å². The van der Waals surface area contributed by atoms with Crippen molar-refractivity contribution in [3.8, 4) is 0 Å². The highest BCUT2D eigenvalue weighted by Crippen LogP contribution is 2.14. The summed E-state index contributed by atoms with van der Waals surface area (Å²) in [6.45, 7) is 1.98. The number of nitrogens with two attached hydrogens (primary N) is 1. The Bertz CT molecular complexity index is 493. The van der Waals surface area contributed by atoms with E-state index in [-0.39, 0.29) is 11.9 Å². The second-order valence-electron chi connectivity index (χ2n) is 4.65. The zero-order valence-corrected chi connectivity index (χ0v) is 10.5. The van der Waals surface area contributed by atoms with E-state index in [1.807, 2.05) is 19.1 Å². The summed E-state index contributed by atoms with van der Waals surface area (Å²) in [5.41, 5.74) is 8.15. The Kier molecular flexibility index (Phi) is 4.15. The number of hydrogen-bond donors (Lipinski definition) is 1. The van der Waals surface area contributed by atoms with Gasteiger partial charge in [0.2, 0.25) is 0 Å². The van der Waals surface area contributed by atoms with Gasteiger partial charge >= 0.3 is 0 Å². The summed E-state index contributed by atoms with van der Waals surface area (Å²) in [6.07, 6.45) is 4.02. The molecule has 1 aromatic heterocycles. The van der Waals surface area contributed by atoms with Crippen LogP contribution in [0.15, 0.2) is 41.0 Å². The van der Waals surface area contributed by atoms with Gasteiger partial charge in [0, 0.05) is 12.5 Å². The topological polar surface area (TPSA) is 39.2 Å².